The SMILES string of the molecule is CCC1=Cc2ccccc2C1[Si](CC)(CC)C1C(CC)=Cc2cc(C(C)CC(C)(C)CC(C)c3ccc4c(c3)C(=O)N([Si](CC)(CC)CC)C4=O)ccc21. The van der Waals surface area contributed by atoms with E-state index in [0.717, 1.165) is 43.8 Å². The number of imide groups is 1. The second-order valence-corrected chi connectivity index (χ2v) is 27.9. The molecule has 5 heteroatoms. The number of fused-ring (bicyclic) bond motifs is 3. The maximum atomic E-state index is 13.8. The van der Waals surface area contributed by atoms with Crippen molar-refractivity contribution in [1.82, 2.24) is 4.57 Å². The first-order chi connectivity index (χ1) is 25.8. The summed E-state index contributed by atoms with van der Waals surface area (Å²) in [6.07, 6.45) is 9.46. The molecule has 0 saturated carbocycles. The molecule has 0 aromatic heterocycles. The van der Waals surface area contributed by atoms with E-state index in [9.17, 15) is 9.59 Å². The smallest absolute Gasteiger partial charge is 0.253 e. The van der Waals surface area contributed by atoms with Crippen molar-refractivity contribution in [2.24, 2.45) is 5.41 Å². The fourth-order valence-corrected chi connectivity index (χ4v) is 21.4. The zero-order valence-electron chi connectivity index (χ0n) is 35.4. The standard InChI is InChI=1S/C49H67NO2Si2/c1-12-35-27-39-21-19-20-22-41(39)45(35)54(17-6,18-7)46-36(13-2)28-40-29-37(23-25-42(40)46)33(8)31-49(10,11)32-34(9)38-24-26-43-44(30-38)48(52)50(47(43)51)53(14-3,15-4)16-5/h19-30,33-34,45-46H,12-18,31-32H2,1-11H3. The van der Waals surface area contributed by atoms with Gasteiger partial charge in [-0.2, -0.15) is 0 Å². The highest BCUT2D eigenvalue weighted by Crippen LogP contribution is 2.56. The third-order valence-corrected chi connectivity index (χ3v) is 26.2. The highest BCUT2D eigenvalue weighted by Gasteiger charge is 2.52. The summed E-state index contributed by atoms with van der Waals surface area (Å²) in [6, 6.07) is 28.2. The number of benzene rings is 3. The Morgan fingerprint density at radius 2 is 1.11 bits per heavy atom. The van der Waals surface area contributed by atoms with Gasteiger partial charge in [-0.25, -0.2) is 0 Å². The van der Waals surface area contributed by atoms with Gasteiger partial charge in [0.2, 0.25) is 0 Å². The molecule has 3 aromatic carbocycles. The van der Waals surface area contributed by atoms with E-state index in [1.165, 1.54) is 34.3 Å². The van der Waals surface area contributed by atoms with Crippen molar-refractivity contribution in [3.8, 4) is 0 Å². The molecule has 3 nitrogen and oxygen atoms in total. The van der Waals surface area contributed by atoms with Gasteiger partial charge >= 0.3 is 0 Å². The lowest BCUT2D eigenvalue weighted by molar-refractivity contribution is 0.0749. The van der Waals surface area contributed by atoms with Crippen molar-refractivity contribution in [2.45, 2.75) is 155 Å². The maximum Gasteiger partial charge on any atom is 0.253 e. The molecule has 2 aliphatic carbocycles. The van der Waals surface area contributed by atoms with Crippen molar-refractivity contribution >= 4 is 40.3 Å². The Morgan fingerprint density at radius 3 is 1.67 bits per heavy atom. The lowest BCUT2D eigenvalue weighted by Crippen LogP contribution is -2.55. The fourth-order valence-electron chi connectivity index (χ4n) is 11.6. The van der Waals surface area contributed by atoms with Crippen LogP contribution in [0.1, 0.15) is 179 Å². The summed E-state index contributed by atoms with van der Waals surface area (Å²) in [5.74, 6) is 0.584. The molecule has 0 N–H and O–H groups in total. The van der Waals surface area contributed by atoms with Crippen molar-refractivity contribution in [3.05, 3.63) is 116 Å². The molecule has 54 heavy (non-hydrogen) atoms. The first-order valence-corrected chi connectivity index (χ1v) is 26.6. The highest BCUT2D eigenvalue weighted by molar-refractivity contribution is 6.84. The molecule has 4 atom stereocenters. The molecular weight excluding hydrogens is 691 g/mol. The number of nitrogens with zero attached hydrogens (tertiary/aromatic N) is 1. The molecule has 1 heterocycles. The summed E-state index contributed by atoms with van der Waals surface area (Å²) in [5.41, 5.74) is 14.5. The van der Waals surface area contributed by atoms with Gasteiger partial charge in [-0.1, -0.05) is 160 Å². The Bertz CT molecular complexity index is 1950. The molecular formula is C49H67NO2Si2. The third kappa shape index (κ3) is 6.69. The molecule has 3 aliphatic rings. The van der Waals surface area contributed by atoms with E-state index in [1.54, 1.807) is 26.8 Å². The minimum absolute atomic E-state index is 0.0543. The van der Waals surface area contributed by atoms with Crippen LogP contribution < -0.4 is 0 Å². The average molecular weight is 758 g/mol. The van der Waals surface area contributed by atoms with Crippen LogP contribution in [0.4, 0.5) is 0 Å². The predicted molar refractivity (Wildman–Crippen MR) is 236 cm³/mol. The number of carbonyl (C=O) groups excluding carboxylic acids is 2. The molecule has 6 rings (SSSR count). The summed E-state index contributed by atoms with van der Waals surface area (Å²) in [5, 5.41) is 0. The van der Waals surface area contributed by atoms with E-state index in [2.05, 4.69) is 137 Å². The van der Waals surface area contributed by atoms with Gasteiger partial charge in [-0.15, -0.1) is 0 Å². The van der Waals surface area contributed by atoms with Crippen molar-refractivity contribution in [2.75, 3.05) is 0 Å². The lowest BCUT2D eigenvalue weighted by Gasteiger charge is -2.44. The number of amides is 2. The number of rotatable bonds is 16. The summed E-state index contributed by atoms with van der Waals surface area (Å²) < 4.78 is 1.72. The van der Waals surface area contributed by atoms with Crippen LogP contribution in [-0.4, -0.2) is 32.7 Å². The quantitative estimate of drug-likeness (QED) is 0.108. The molecule has 4 unspecified atom stereocenters. The lowest BCUT2D eigenvalue weighted by atomic mass is 9.74. The van der Waals surface area contributed by atoms with Gasteiger partial charge in [-0.05, 0) is 107 Å². The van der Waals surface area contributed by atoms with Crippen LogP contribution in [0.25, 0.3) is 12.2 Å². The van der Waals surface area contributed by atoms with Crippen molar-refractivity contribution in [3.63, 3.8) is 0 Å². The number of hydrogen-bond donors (Lipinski definition) is 0. The molecule has 0 spiro atoms. The Kier molecular flexibility index (Phi) is 11.7. The Morgan fingerprint density at radius 1 is 0.611 bits per heavy atom. The topological polar surface area (TPSA) is 37.4 Å². The Balaban J connectivity index is 1.21. The molecule has 1 aliphatic heterocycles. The van der Waals surface area contributed by atoms with E-state index < -0.39 is 16.3 Å². The molecule has 0 radical (unpaired) electrons. The van der Waals surface area contributed by atoms with Crippen LogP contribution in [0.2, 0.25) is 30.2 Å². The number of carbonyl (C=O) groups is 2. The number of hydrogen-bond acceptors (Lipinski definition) is 2. The van der Waals surface area contributed by atoms with Gasteiger partial charge in [0.1, 0.15) is 0 Å². The van der Waals surface area contributed by atoms with E-state index in [0.29, 0.717) is 28.1 Å². The van der Waals surface area contributed by atoms with Gasteiger partial charge < -0.3 is 4.57 Å². The van der Waals surface area contributed by atoms with Gasteiger partial charge in [0.05, 0.1) is 19.2 Å². The van der Waals surface area contributed by atoms with Crippen LogP contribution in [-0.2, 0) is 0 Å². The van der Waals surface area contributed by atoms with E-state index >= 15 is 0 Å². The third-order valence-electron chi connectivity index (χ3n) is 14.6. The Hall–Kier alpha value is -3.29. The number of allylic oxidation sites excluding steroid dienone is 2. The zero-order chi connectivity index (χ0) is 39.2. The molecule has 0 saturated heterocycles. The predicted octanol–water partition coefficient (Wildman–Crippen LogP) is 14.0. The minimum atomic E-state index is -2.17. The second-order valence-electron chi connectivity index (χ2n) is 17.9. The fraction of sp³-hybridized carbons (Fsp3) is 0.510. The summed E-state index contributed by atoms with van der Waals surface area (Å²) >= 11 is 0. The van der Waals surface area contributed by atoms with E-state index in [1.807, 2.05) is 12.1 Å². The van der Waals surface area contributed by atoms with Gasteiger partial charge in [0.15, 0.2) is 8.24 Å². The van der Waals surface area contributed by atoms with Crippen LogP contribution in [0, 0.1) is 5.41 Å². The largest absolute Gasteiger partial charge is 0.303 e. The first kappa shape index (κ1) is 40.4. The first-order valence-electron chi connectivity index (χ1n) is 21.4. The summed E-state index contributed by atoms with van der Waals surface area (Å²) in [4.78, 5) is 27.4. The summed E-state index contributed by atoms with van der Waals surface area (Å²) in [6.45, 7) is 25.7. The molecule has 0 fully saturated rings. The highest BCUT2D eigenvalue weighted by atomic mass is 28.3. The van der Waals surface area contributed by atoms with Gasteiger partial charge in [-0.3, -0.25) is 9.59 Å². The molecule has 2 amide bonds. The van der Waals surface area contributed by atoms with Crippen LogP contribution in [0.5, 0.6) is 0 Å². The summed E-state index contributed by atoms with van der Waals surface area (Å²) in [7, 11) is -4.06. The van der Waals surface area contributed by atoms with Crippen LogP contribution in [0.15, 0.2) is 71.8 Å². The van der Waals surface area contributed by atoms with Crippen LogP contribution >= 0.6 is 0 Å². The molecule has 3 aromatic rings. The van der Waals surface area contributed by atoms with Gasteiger partial charge in [0, 0.05) is 11.1 Å². The maximum absolute atomic E-state index is 13.8. The molecule has 0 bridgehead atoms. The van der Waals surface area contributed by atoms with Crippen LogP contribution in [0.3, 0.4) is 0 Å². The van der Waals surface area contributed by atoms with Crippen molar-refractivity contribution in [1.29, 1.82) is 0 Å². The van der Waals surface area contributed by atoms with E-state index in [-0.39, 0.29) is 23.1 Å². The molecule has 288 valence electrons. The minimum Gasteiger partial charge on any atom is -0.303 e. The Labute approximate surface area is 329 Å². The van der Waals surface area contributed by atoms with E-state index in [4.69, 9.17) is 0 Å². The normalized spacial score (nSPS) is 19.4. The average Bonchev–Trinajstić information content (AvgIpc) is 3.83. The van der Waals surface area contributed by atoms with Gasteiger partial charge in [0.25, 0.3) is 11.8 Å². The monoisotopic (exact) mass is 757 g/mol. The van der Waals surface area contributed by atoms with Crippen molar-refractivity contribution < 1.29 is 9.59 Å². The zero-order valence-corrected chi connectivity index (χ0v) is 37.4. The second kappa shape index (κ2) is 15.7.